The first-order valence-corrected chi connectivity index (χ1v) is 14.4. The predicted octanol–water partition coefficient (Wildman–Crippen LogP) is 2.63. The van der Waals surface area contributed by atoms with E-state index in [1.54, 1.807) is 17.1 Å². The van der Waals surface area contributed by atoms with Gasteiger partial charge in [0.15, 0.2) is 0 Å². The van der Waals surface area contributed by atoms with E-state index in [1.165, 1.54) is 11.2 Å². The van der Waals surface area contributed by atoms with Gasteiger partial charge in [-0.05, 0) is 49.4 Å². The summed E-state index contributed by atoms with van der Waals surface area (Å²) in [7, 11) is 0. The van der Waals surface area contributed by atoms with Gasteiger partial charge in [0.25, 0.3) is 0 Å². The second-order valence-electron chi connectivity index (χ2n) is 12.3. The average Bonchev–Trinajstić information content (AvgIpc) is 3.60. The molecule has 41 heavy (non-hydrogen) atoms. The van der Waals surface area contributed by atoms with Gasteiger partial charge in [0.1, 0.15) is 18.4 Å². The molecule has 2 amide bonds. The molecule has 4 heterocycles. The van der Waals surface area contributed by atoms with Gasteiger partial charge in [0.05, 0.1) is 17.8 Å². The van der Waals surface area contributed by atoms with Crippen molar-refractivity contribution in [1.82, 2.24) is 40.5 Å². The summed E-state index contributed by atoms with van der Waals surface area (Å²) in [5.74, 6) is -0.216. The Hall–Kier alpha value is -3.70. The highest BCUT2D eigenvalue weighted by atomic mass is 16.3. The van der Waals surface area contributed by atoms with Crippen molar-refractivity contribution in [3.63, 3.8) is 0 Å². The third-order valence-electron chi connectivity index (χ3n) is 8.13. The zero-order valence-electron chi connectivity index (χ0n) is 24.2. The summed E-state index contributed by atoms with van der Waals surface area (Å²) in [6.45, 7) is 9.83. The Kier molecular flexibility index (Phi) is 8.46. The van der Waals surface area contributed by atoms with Crippen molar-refractivity contribution in [2.24, 2.45) is 5.41 Å². The number of carbonyl (C=O) groups is 2. The van der Waals surface area contributed by atoms with Crippen molar-refractivity contribution in [2.75, 3.05) is 19.6 Å². The summed E-state index contributed by atoms with van der Waals surface area (Å²) in [5.41, 5.74) is 3.21. The average molecular weight is 561 g/mol. The van der Waals surface area contributed by atoms with Crippen LogP contribution in [0.3, 0.4) is 0 Å². The van der Waals surface area contributed by atoms with Crippen molar-refractivity contribution < 1.29 is 14.7 Å². The predicted molar refractivity (Wildman–Crippen MR) is 154 cm³/mol. The Labute approximate surface area is 240 Å². The molecule has 11 nitrogen and oxygen atoms in total. The fourth-order valence-corrected chi connectivity index (χ4v) is 5.87. The van der Waals surface area contributed by atoms with Crippen LogP contribution >= 0.6 is 0 Å². The number of aliphatic hydroxyl groups is 1. The smallest absolute Gasteiger partial charge is 0.248 e. The Bertz CT molecular complexity index is 1330. The molecule has 0 radical (unpaired) electrons. The number of nitrogens with zero attached hydrogens (tertiary/aromatic N) is 6. The fourth-order valence-electron chi connectivity index (χ4n) is 5.87. The largest absolute Gasteiger partial charge is 0.391 e. The zero-order valence-corrected chi connectivity index (χ0v) is 24.2. The number of aliphatic hydroxyl groups excluding tert-OH is 1. The van der Waals surface area contributed by atoms with Gasteiger partial charge >= 0.3 is 0 Å². The Morgan fingerprint density at radius 3 is 2.41 bits per heavy atom. The molecule has 2 aromatic heterocycles. The number of benzene rings is 1. The minimum atomic E-state index is -0.780. The summed E-state index contributed by atoms with van der Waals surface area (Å²) in [4.78, 5) is 37.3. The number of nitrogens with one attached hydrogen (secondary N) is 2. The lowest BCUT2D eigenvalue weighted by molar-refractivity contribution is -0.144. The number of β-amino-alcohol motifs (C(OH)–C–C–N with tert-alkyl or cyclic N) is 1. The Morgan fingerprint density at radius 1 is 1.07 bits per heavy atom. The molecule has 0 unspecified atom stereocenters. The minimum Gasteiger partial charge on any atom is -0.391 e. The van der Waals surface area contributed by atoms with E-state index in [0.717, 1.165) is 48.3 Å². The molecule has 5 rings (SSSR count). The third kappa shape index (κ3) is 6.46. The number of rotatable bonds is 7. The van der Waals surface area contributed by atoms with Gasteiger partial charge in [-0.3, -0.25) is 9.59 Å². The minimum absolute atomic E-state index is 0.0988. The molecule has 2 aliphatic rings. The van der Waals surface area contributed by atoms with Crippen LogP contribution in [0.15, 0.2) is 49.2 Å². The standard InChI is InChI=1S/C30H40N8O3/c1-19(20-5-7-21(8-6-20)23-14-32-18-33-15-23)34-28(40)26-13-24(39)16-37(26)29(41)27(30(2,3)4)38-17-25(35-36-38)22-9-11-31-12-10-22/h5-8,14-15,17-19,22,24,26-27,31,39H,9-13,16H2,1-4H3,(H,34,40)/t19-,24+,26-,27+/m0/s1. The molecule has 0 bridgehead atoms. The van der Waals surface area contributed by atoms with Crippen LogP contribution in [0.2, 0.25) is 0 Å². The van der Waals surface area contributed by atoms with Crippen molar-refractivity contribution in [3.05, 3.63) is 60.4 Å². The summed E-state index contributed by atoms with van der Waals surface area (Å²) in [5, 5.41) is 25.8. The number of likely N-dealkylation sites (tertiary alicyclic amines) is 1. The second kappa shape index (κ2) is 12.0. The van der Waals surface area contributed by atoms with Crippen molar-refractivity contribution >= 4 is 11.8 Å². The van der Waals surface area contributed by atoms with Crippen LogP contribution in [0.5, 0.6) is 0 Å². The molecule has 0 saturated carbocycles. The molecule has 2 fully saturated rings. The van der Waals surface area contributed by atoms with E-state index in [2.05, 4.69) is 30.9 Å². The van der Waals surface area contributed by atoms with E-state index in [-0.39, 0.29) is 30.8 Å². The number of amides is 2. The molecule has 218 valence electrons. The highest BCUT2D eigenvalue weighted by Crippen LogP contribution is 2.35. The first-order chi connectivity index (χ1) is 19.6. The lowest BCUT2D eigenvalue weighted by atomic mass is 9.85. The van der Waals surface area contributed by atoms with E-state index < -0.39 is 23.6 Å². The first kappa shape index (κ1) is 28.8. The van der Waals surface area contributed by atoms with Crippen molar-refractivity contribution in [3.8, 4) is 11.1 Å². The van der Waals surface area contributed by atoms with E-state index in [0.29, 0.717) is 5.92 Å². The SMILES string of the molecule is C[C@H](NC(=O)[C@@H]1C[C@@H](O)CN1C(=O)[C@@H](n1cc(C2CCNCC2)nn1)C(C)(C)C)c1ccc(-c2cncnc2)cc1. The summed E-state index contributed by atoms with van der Waals surface area (Å²) < 4.78 is 1.65. The molecule has 3 N–H and O–H groups in total. The summed E-state index contributed by atoms with van der Waals surface area (Å²) in [6, 6.07) is 6.11. The first-order valence-electron chi connectivity index (χ1n) is 14.4. The number of hydrogen-bond donors (Lipinski definition) is 3. The molecule has 11 heteroatoms. The van der Waals surface area contributed by atoms with Crippen LogP contribution in [-0.4, -0.2) is 78.6 Å². The maximum Gasteiger partial charge on any atom is 0.248 e. The molecule has 0 spiro atoms. The fraction of sp³-hybridized carbons (Fsp3) is 0.533. The molecule has 0 aliphatic carbocycles. The molecule has 1 aromatic carbocycles. The molecule has 2 saturated heterocycles. The van der Waals surface area contributed by atoms with Gasteiger partial charge in [-0.15, -0.1) is 5.10 Å². The van der Waals surface area contributed by atoms with E-state index in [9.17, 15) is 14.7 Å². The van der Waals surface area contributed by atoms with Gasteiger partial charge in [-0.2, -0.15) is 0 Å². The van der Waals surface area contributed by atoms with Crippen LogP contribution < -0.4 is 10.6 Å². The van der Waals surface area contributed by atoms with E-state index >= 15 is 0 Å². The quantitative estimate of drug-likeness (QED) is 0.401. The van der Waals surface area contributed by atoms with Crippen LogP contribution in [0, 0.1) is 5.41 Å². The van der Waals surface area contributed by atoms with Crippen LogP contribution in [0.4, 0.5) is 0 Å². The van der Waals surface area contributed by atoms with Crippen LogP contribution in [0.25, 0.3) is 11.1 Å². The Balaban J connectivity index is 1.30. The van der Waals surface area contributed by atoms with Gasteiger partial charge in [0, 0.05) is 43.0 Å². The summed E-state index contributed by atoms with van der Waals surface area (Å²) in [6.07, 6.45) is 8.25. The number of hydrogen-bond acceptors (Lipinski definition) is 8. The third-order valence-corrected chi connectivity index (χ3v) is 8.13. The normalized spacial score (nSPS) is 21.4. The summed E-state index contributed by atoms with van der Waals surface area (Å²) >= 11 is 0. The lowest BCUT2D eigenvalue weighted by Crippen LogP contribution is -2.50. The van der Waals surface area contributed by atoms with Gasteiger partial charge < -0.3 is 20.6 Å². The highest BCUT2D eigenvalue weighted by Gasteiger charge is 2.45. The number of piperidine rings is 1. The maximum absolute atomic E-state index is 14.1. The Morgan fingerprint density at radius 2 is 1.76 bits per heavy atom. The van der Waals surface area contributed by atoms with Gasteiger partial charge in [-0.1, -0.05) is 50.3 Å². The molecule has 3 aromatic rings. The maximum atomic E-state index is 14.1. The van der Waals surface area contributed by atoms with Gasteiger partial charge in [0.2, 0.25) is 11.8 Å². The molecular weight excluding hydrogens is 520 g/mol. The number of carbonyl (C=O) groups excluding carboxylic acids is 2. The van der Waals surface area contributed by atoms with Gasteiger partial charge in [-0.25, -0.2) is 14.6 Å². The van der Waals surface area contributed by atoms with Crippen LogP contribution in [-0.2, 0) is 9.59 Å². The van der Waals surface area contributed by atoms with E-state index in [1.807, 2.05) is 58.2 Å². The van der Waals surface area contributed by atoms with Crippen molar-refractivity contribution in [1.29, 1.82) is 0 Å². The zero-order chi connectivity index (χ0) is 29.1. The van der Waals surface area contributed by atoms with E-state index in [4.69, 9.17) is 0 Å². The monoisotopic (exact) mass is 560 g/mol. The number of aromatic nitrogens is 5. The van der Waals surface area contributed by atoms with Crippen LogP contribution in [0.1, 0.15) is 76.2 Å². The molecule has 4 atom stereocenters. The molecular formula is C30H40N8O3. The van der Waals surface area contributed by atoms with Crippen molar-refractivity contribution in [2.45, 2.75) is 77.1 Å². The lowest BCUT2D eigenvalue weighted by Gasteiger charge is -2.35. The molecule has 2 aliphatic heterocycles. The highest BCUT2D eigenvalue weighted by molar-refractivity contribution is 5.90. The topological polar surface area (TPSA) is 138 Å². The second-order valence-corrected chi connectivity index (χ2v) is 12.3.